The maximum atomic E-state index is 9.54. The molecule has 0 saturated carbocycles. The molecule has 0 aliphatic carbocycles. The number of carboxylic acids is 3. The van der Waals surface area contributed by atoms with Crippen molar-refractivity contribution < 1.29 is 46.8 Å². The molecule has 0 amide bonds. The summed E-state index contributed by atoms with van der Waals surface area (Å²) in [4.78, 5) is 27.3. The van der Waals surface area contributed by atoms with Gasteiger partial charge in [-0.25, -0.2) is 0 Å². The zero-order chi connectivity index (χ0) is 12.1. The second-order valence-electron chi connectivity index (χ2n) is 1.91. The van der Waals surface area contributed by atoms with Crippen molar-refractivity contribution in [2.45, 2.75) is 13.8 Å². The Hall–Kier alpha value is -1.11. The van der Waals surface area contributed by atoms with Crippen molar-refractivity contribution in [3.8, 4) is 0 Å². The molecule has 0 atom stereocenters. The van der Waals surface area contributed by atoms with E-state index in [0.717, 1.165) is 13.8 Å². The summed E-state index contributed by atoms with van der Waals surface area (Å²) in [7, 11) is 1.59. The van der Waals surface area contributed by atoms with E-state index < -0.39 is 17.9 Å². The second kappa shape index (κ2) is 18.6. The summed E-state index contributed by atoms with van der Waals surface area (Å²) in [5.74, 6) is -2.99. The van der Waals surface area contributed by atoms with Crippen LogP contribution < -0.4 is 15.5 Å². The van der Waals surface area contributed by atoms with E-state index >= 15 is 0 Å². The van der Waals surface area contributed by atoms with Gasteiger partial charge in [-0.15, -0.1) is 0 Å². The number of nitrogens with one attached hydrogen (secondary N) is 1. The van der Waals surface area contributed by atoms with Gasteiger partial charge in [0.25, 0.3) is 0 Å². The average molecular weight is 262 g/mol. The van der Waals surface area contributed by atoms with Gasteiger partial charge in [0.2, 0.25) is 0 Å². The molecule has 0 aliphatic heterocycles. The Kier molecular flexibility index (Phi) is 29.3. The van der Waals surface area contributed by atoms with Crippen LogP contribution in [0, 0.1) is 0 Å². The van der Waals surface area contributed by atoms with Gasteiger partial charge in [-0.3, -0.25) is 4.79 Å². The van der Waals surface area contributed by atoms with E-state index in [1.165, 1.54) is 0 Å². The maximum absolute atomic E-state index is 9.54. The molecule has 0 unspecified atom stereocenters. The minimum absolute atomic E-state index is 0. The molecule has 0 spiro atoms. The summed E-state index contributed by atoms with van der Waals surface area (Å²) in [5.41, 5.74) is 0. The fourth-order valence-electron chi connectivity index (χ4n) is 0.151. The van der Waals surface area contributed by atoms with Crippen LogP contribution in [0.5, 0.6) is 0 Å². The van der Waals surface area contributed by atoms with Crippen LogP contribution in [0.4, 0.5) is 0 Å². The van der Waals surface area contributed by atoms with Crippen molar-refractivity contribution in [3.63, 3.8) is 0 Å². The summed E-state index contributed by atoms with van der Waals surface area (Å²) < 4.78 is 0. The topological polar surface area (TPSA) is 130 Å². The van der Waals surface area contributed by atoms with E-state index in [0.29, 0.717) is 0 Å². The molecule has 0 bridgehead atoms. The largest absolute Gasteiger partial charge is 2.00 e. The van der Waals surface area contributed by atoms with Crippen LogP contribution in [0.15, 0.2) is 0 Å². The Bertz CT molecular complexity index is 164. The minimum atomic E-state index is -1.08. The van der Waals surface area contributed by atoms with Crippen molar-refractivity contribution in [2.75, 3.05) is 13.6 Å². The smallest absolute Gasteiger partial charge is 0.550 e. The first kappa shape index (κ1) is 23.6. The van der Waals surface area contributed by atoms with Gasteiger partial charge in [0.05, 0.1) is 6.54 Å². The zero-order valence-electron chi connectivity index (χ0n) is 8.57. The van der Waals surface area contributed by atoms with Crippen LogP contribution in [0.25, 0.3) is 0 Å². The molecule has 1 radical (unpaired) electrons. The van der Waals surface area contributed by atoms with Gasteiger partial charge in [-0.05, 0) is 20.9 Å². The minimum Gasteiger partial charge on any atom is -0.550 e. The molecule has 0 saturated heterocycles. The zero-order valence-corrected chi connectivity index (χ0v) is 9.75. The van der Waals surface area contributed by atoms with Crippen LogP contribution in [-0.2, 0) is 31.5 Å². The molecule has 0 aromatic heterocycles. The van der Waals surface area contributed by atoms with Gasteiger partial charge < -0.3 is 30.2 Å². The van der Waals surface area contributed by atoms with Gasteiger partial charge in [0, 0.05) is 11.9 Å². The molecular weight excluding hydrogens is 249 g/mol. The van der Waals surface area contributed by atoms with E-state index in [2.05, 4.69) is 5.32 Å². The van der Waals surface area contributed by atoms with Crippen LogP contribution in [-0.4, -0.2) is 36.6 Å². The summed E-state index contributed by atoms with van der Waals surface area (Å²) in [6.45, 7) is 1.99. The second-order valence-corrected chi connectivity index (χ2v) is 1.91. The van der Waals surface area contributed by atoms with Crippen molar-refractivity contribution in [3.05, 3.63) is 0 Å². The first-order chi connectivity index (χ1) is 6.23. The quantitative estimate of drug-likeness (QED) is 0.501. The normalized spacial score (nSPS) is 6.60. The van der Waals surface area contributed by atoms with E-state index in [1.54, 1.807) is 7.05 Å². The Labute approximate surface area is 98.0 Å². The molecule has 0 heterocycles. The first-order valence-corrected chi connectivity index (χ1v) is 3.45. The molecule has 0 rings (SSSR count). The van der Waals surface area contributed by atoms with Gasteiger partial charge >= 0.3 is 23.0 Å². The molecule has 15 heavy (non-hydrogen) atoms. The van der Waals surface area contributed by atoms with Crippen LogP contribution in [0.2, 0.25) is 0 Å². The molecule has 2 N–H and O–H groups in total. The maximum Gasteiger partial charge on any atom is 2.00 e. The Morgan fingerprint density at radius 3 is 1.33 bits per heavy atom. The monoisotopic (exact) mass is 262 g/mol. The SMILES string of the molecule is CC(=O)[O-].CC(=O)[O-].CNCC(=O)O.[Mn+2]. The van der Waals surface area contributed by atoms with Crippen LogP contribution >= 0.6 is 0 Å². The van der Waals surface area contributed by atoms with E-state index in [4.69, 9.17) is 24.9 Å². The number of aliphatic carboxylic acids is 3. The van der Waals surface area contributed by atoms with Gasteiger partial charge in [0.15, 0.2) is 0 Å². The molecule has 7 nitrogen and oxygen atoms in total. The third kappa shape index (κ3) is 428. The molecular formula is C7H13MnNO6. The molecule has 0 aromatic rings. The molecule has 0 fully saturated rings. The Morgan fingerprint density at radius 1 is 1.13 bits per heavy atom. The summed E-state index contributed by atoms with van der Waals surface area (Å²) in [5, 5.41) is 28.1. The van der Waals surface area contributed by atoms with Crippen molar-refractivity contribution in [2.24, 2.45) is 0 Å². The molecule has 0 aromatic carbocycles. The first-order valence-electron chi connectivity index (χ1n) is 3.45. The van der Waals surface area contributed by atoms with Crippen LogP contribution in [0.1, 0.15) is 13.8 Å². The van der Waals surface area contributed by atoms with E-state index in [-0.39, 0.29) is 23.6 Å². The van der Waals surface area contributed by atoms with Gasteiger partial charge in [-0.1, -0.05) is 0 Å². The fourth-order valence-corrected chi connectivity index (χ4v) is 0.151. The number of hydrogen-bond acceptors (Lipinski definition) is 6. The predicted molar refractivity (Wildman–Crippen MR) is 42.9 cm³/mol. The summed E-state index contributed by atoms with van der Waals surface area (Å²) in [6.07, 6.45) is 0. The third-order valence-electron chi connectivity index (χ3n) is 0.328. The van der Waals surface area contributed by atoms with Crippen molar-refractivity contribution in [1.82, 2.24) is 5.32 Å². The summed E-state index contributed by atoms with van der Waals surface area (Å²) >= 11 is 0. The number of carboxylic acid groups (broad SMARTS) is 3. The van der Waals surface area contributed by atoms with Gasteiger partial charge in [0.1, 0.15) is 0 Å². The summed E-state index contributed by atoms with van der Waals surface area (Å²) in [6, 6.07) is 0. The number of likely N-dealkylation sites (N-methyl/N-ethyl adjacent to an activating group) is 1. The standard InChI is InChI=1S/C3H7NO2.2C2H4O2.Mn/c1-4-2-3(5)6;2*1-2(3)4;/h4H,2H2,1H3,(H,5,6);2*1H3,(H,3,4);/q;;;+2/p-2. The third-order valence-corrected chi connectivity index (χ3v) is 0.328. The average Bonchev–Trinajstić information content (AvgIpc) is 1.82. The molecule has 8 heteroatoms. The molecule has 89 valence electrons. The predicted octanol–water partition coefficient (Wildman–Crippen LogP) is -3.20. The Balaban J connectivity index is -0.0000000606. The number of carbonyl (C=O) groups is 3. The number of carbonyl (C=O) groups excluding carboxylic acids is 2. The number of hydrogen-bond donors (Lipinski definition) is 2. The Morgan fingerprint density at radius 2 is 1.33 bits per heavy atom. The van der Waals surface area contributed by atoms with Crippen molar-refractivity contribution >= 4 is 17.9 Å². The fraction of sp³-hybridized carbons (Fsp3) is 0.571. The number of rotatable bonds is 2. The molecule has 0 aliphatic rings. The van der Waals surface area contributed by atoms with E-state index in [1.807, 2.05) is 0 Å². The van der Waals surface area contributed by atoms with Crippen LogP contribution in [0.3, 0.4) is 0 Å². The van der Waals surface area contributed by atoms with Crippen molar-refractivity contribution in [1.29, 1.82) is 0 Å². The van der Waals surface area contributed by atoms with E-state index in [9.17, 15) is 4.79 Å². The van der Waals surface area contributed by atoms with Gasteiger partial charge in [-0.2, -0.15) is 0 Å².